The zero-order chi connectivity index (χ0) is 29.7. The Morgan fingerprint density at radius 1 is 1.24 bits per heavy atom. The highest BCUT2D eigenvalue weighted by Crippen LogP contribution is 2.44. The van der Waals surface area contributed by atoms with Gasteiger partial charge in [0.15, 0.2) is 5.82 Å². The number of hydrogen-bond acceptors (Lipinski definition) is 5. The van der Waals surface area contributed by atoms with E-state index < -0.39 is 5.82 Å². The van der Waals surface area contributed by atoms with Gasteiger partial charge in [0.1, 0.15) is 5.69 Å². The molecule has 1 aliphatic heterocycles. The van der Waals surface area contributed by atoms with Crippen LogP contribution in [0.3, 0.4) is 0 Å². The SMILES string of the molecule is C=NC(=Nc1c(CC2CCC(CNC)N2)cc(Cl)c(C2=CCC(C)c3ccccc32)c1F)OCC(C)(C)CN(C)C. The first-order chi connectivity index (χ1) is 19.5. The highest BCUT2D eigenvalue weighted by atomic mass is 35.5. The van der Waals surface area contributed by atoms with Crippen molar-refractivity contribution in [2.45, 2.75) is 64.5 Å². The molecule has 41 heavy (non-hydrogen) atoms. The van der Waals surface area contributed by atoms with Crippen LogP contribution in [0.2, 0.25) is 5.02 Å². The first-order valence-corrected chi connectivity index (χ1v) is 14.9. The maximum atomic E-state index is 16.8. The average molecular weight is 582 g/mol. The summed E-state index contributed by atoms with van der Waals surface area (Å²) in [7, 11) is 6.00. The van der Waals surface area contributed by atoms with Gasteiger partial charge in [0, 0.05) is 36.2 Å². The third-order valence-electron chi connectivity index (χ3n) is 7.93. The van der Waals surface area contributed by atoms with E-state index in [1.54, 1.807) is 0 Å². The van der Waals surface area contributed by atoms with Crippen molar-refractivity contribution >= 4 is 35.6 Å². The molecule has 4 rings (SSSR count). The third kappa shape index (κ3) is 7.63. The molecule has 0 aromatic heterocycles. The van der Waals surface area contributed by atoms with Gasteiger partial charge in [-0.1, -0.05) is 62.7 Å². The summed E-state index contributed by atoms with van der Waals surface area (Å²) in [4.78, 5) is 10.8. The predicted molar refractivity (Wildman–Crippen MR) is 170 cm³/mol. The minimum absolute atomic E-state index is 0.0596. The number of likely N-dealkylation sites (N-methyl/N-ethyl adjacent to an activating group) is 1. The largest absolute Gasteiger partial charge is 0.463 e. The zero-order valence-electron chi connectivity index (χ0n) is 25.4. The second-order valence-electron chi connectivity index (χ2n) is 12.5. The number of amidine groups is 1. The maximum Gasteiger partial charge on any atom is 0.316 e. The van der Waals surface area contributed by atoms with E-state index in [1.807, 2.05) is 45.4 Å². The lowest BCUT2D eigenvalue weighted by atomic mass is 9.81. The van der Waals surface area contributed by atoms with Crippen molar-refractivity contribution in [2.24, 2.45) is 15.4 Å². The van der Waals surface area contributed by atoms with E-state index in [0.29, 0.717) is 35.6 Å². The summed E-state index contributed by atoms with van der Waals surface area (Å²) < 4.78 is 22.8. The number of rotatable bonds is 10. The van der Waals surface area contributed by atoms with Crippen molar-refractivity contribution in [1.82, 2.24) is 15.5 Å². The van der Waals surface area contributed by atoms with Crippen LogP contribution in [-0.4, -0.2) is 70.6 Å². The van der Waals surface area contributed by atoms with E-state index in [0.717, 1.165) is 49.1 Å². The molecule has 0 spiro atoms. The molecule has 3 atom stereocenters. The van der Waals surface area contributed by atoms with Gasteiger partial charge < -0.3 is 20.3 Å². The minimum Gasteiger partial charge on any atom is -0.463 e. The summed E-state index contributed by atoms with van der Waals surface area (Å²) in [6, 6.07) is 10.7. The fourth-order valence-corrected chi connectivity index (χ4v) is 6.54. The second kappa shape index (κ2) is 13.6. The summed E-state index contributed by atoms with van der Waals surface area (Å²) >= 11 is 6.92. The smallest absolute Gasteiger partial charge is 0.316 e. The van der Waals surface area contributed by atoms with Crippen molar-refractivity contribution < 1.29 is 9.13 Å². The fourth-order valence-electron chi connectivity index (χ4n) is 6.23. The molecule has 0 bridgehead atoms. The molecule has 1 aliphatic carbocycles. The summed E-state index contributed by atoms with van der Waals surface area (Å²) in [6.45, 7) is 12.2. The molecule has 0 radical (unpaired) electrons. The number of ether oxygens (including phenoxy) is 1. The Morgan fingerprint density at radius 2 is 1.98 bits per heavy atom. The number of allylic oxidation sites excluding steroid dienone is 1. The summed E-state index contributed by atoms with van der Waals surface area (Å²) in [6.07, 6.45) is 5.56. The lowest BCUT2D eigenvalue weighted by molar-refractivity contribution is 0.132. The molecule has 2 N–H and O–H groups in total. The Morgan fingerprint density at radius 3 is 2.68 bits per heavy atom. The topological polar surface area (TPSA) is 61.3 Å². The molecule has 1 saturated heterocycles. The van der Waals surface area contributed by atoms with Crippen LogP contribution in [0, 0.1) is 11.2 Å². The van der Waals surface area contributed by atoms with Gasteiger partial charge in [0.2, 0.25) is 0 Å². The normalized spacial score (nSPS) is 21.1. The maximum absolute atomic E-state index is 16.8. The number of halogens is 2. The van der Waals surface area contributed by atoms with E-state index in [1.165, 1.54) is 5.56 Å². The van der Waals surface area contributed by atoms with Crippen molar-refractivity contribution in [3.63, 3.8) is 0 Å². The molecule has 1 heterocycles. The number of nitrogens with one attached hydrogen (secondary N) is 2. The van der Waals surface area contributed by atoms with Crippen molar-refractivity contribution in [1.29, 1.82) is 0 Å². The molecule has 222 valence electrons. The first kappa shape index (κ1) is 31.4. The average Bonchev–Trinajstić information content (AvgIpc) is 3.35. The van der Waals surface area contributed by atoms with Crippen LogP contribution in [0.1, 0.15) is 68.2 Å². The summed E-state index contributed by atoms with van der Waals surface area (Å²) in [5, 5.41) is 7.30. The molecular weight excluding hydrogens is 537 g/mol. The number of hydrogen-bond donors (Lipinski definition) is 2. The number of benzene rings is 2. The van der Waals surface area contributed by atoms with E-state index in [2.05, 4.69) is 65.1 Å². The molecule has 1 fully saturated rings. The summed E-state index contributed by atoms with van der Waals surface area (Å²) in [5.74, 6) is -0.104. The standard InChI is InChI=1S/C33H45ClFN5O/c1-21-12-15-27(26-11-9-8-10-25(21)26)29-28(34)17-22(16-23-13-14-24(38-23)18-36-4)31(30(29)35)39-32(37-5)41-20-33(2,3)19-40(6)7/h8-11,15,17,21,23-24,36,38H,5,12-14,16,18-20H2,1-4,6-7H3. The molecule has 8 heteroatoms. The molecule has 2 aromatic carbocycles. The van der Waals surface area contributed by atoms with Gasteiger partial charge in [0.05, 0.1) is 11.6 Å². The van der Waals surface area contributed by atoms with Crippen molar-refractivity contribution in [2.75, 3.05) is 40.8 Å². The zero-order valence-corrected chi connectivity index (χ0v) is 26.1. The predicted octanol–water partition coefficient (Wildman–Crippen LogP) is 6.59. The van der Waals surface area contributed by atoms with Gasteiger partial charge in [0.25, 0.3) is 0 Å². The van der Waals surface area contributed by atoms with E-state index >= 15 is 4.39 Å². The van der Waals surface area contributed by atoms with Crippen molar-refractivity contribution in [3.05, 3.63) is 69.5 Å². The Bertz CT molecular complexity index is 1300. The van der Waals surface area contributed by atoms with Crippen LogP contribution >= 0.6 is 11.6 Å². The third-order valence-corrected chi connectivity index (χ3v) is 8.23. The quantitative estimate of drug-likeness (QED) is 0.245. The molecular formula is C33H45ClFN5O. The number of aliphatic imine (C=N–C) groups is 2. The van der Waals surface area contributed by atoms with Gasteiger partial charge >= 0.3 is 6.02 Å². The fraction of sp³-hybridized carbons (Fsp3) is 0.515. The van der Waals surface area contributed by atoms with E-state index in [-0.39, 0.29) is 23.2 Å². The van der Waals surface area contributed by atoms with Crippen LogP contribution < -0.4 is 10.6 Å². The van der Waals surface area contributed by atoms with Gasteiger partial charge in [-0.25, -0.2) is 9.38 Å². The molecule has 2 aliphatic rings. The lowest BCUT2D eigenvalue weighted by Gasteiger charge is -2.27. The monoisotopic (exact) mass is 581 g/mol. The van der Waals surface area contributed by atoms with Gasteiger partial charge in [-0.15, -0.1) is 0 Å². The molecule has 6 nitrogen and oxygen atoms in total. The van der Waals surface area contributed by atoms with Crippen LogP contribution in [0.4, 0.5) is 10.1 Å². The molecule has 2 aromatic rings. The minimum atomic E-state index is -0.454. The Balaban J connectivity index is 1.76. The van der Waals surface area contributed by atoms with Crippen LogP contribution in [-0.2, 0) is 11.2 Å². The van der Waals surface area contributed by atoms with Gasteiger partial charge in [-0.05, 0) is 87.8 Å². The van der Waals surface area contributed by atoms with Gasteiger partial charge in [-0.2, -0.15) is 4.99 Å². The molecule has 0 saturated carbocycles. The van der Waals surface area contributed by atoms with E-state index in [9.17, 15) is 0 Å². The van der Waals surface area contributed by atoms with Crippen LogP contribution in [0.25, 0.3) is 5.57 Å². The van der Waals surface area contributed by atoms with Crippen LogP contribution in [0.15, 0.2) is 46.4 Å². The number of nitrogens with zero attached hydrogens (tertiary/aromatic N) is 3. The lowest BCUT2D eigenvalue weighted by Crippen LogP contribution is -2.37. The summed E-state index contributed by atoms with van der Waals surface area (Å²) in [5.41, 5.74) is 4.16. The number of fused-ring (bicyclic) bond motifs is 1. The van der Waals surface area contributed by atoms with Crippen LogP contribution in [0.5, 0.6) is 0 Å². The highest BCUT2D eigenvalue weighted by Gasteiger charge is 2.29. The van der Waals surface area contributed by atoms with E-state index in [4.69, 9.17) is 16.3 Å². The van der Waals surface area contributed by atoms with Gasteiger partial charge in [-0.3, -0.25) is 0 Å². The Kier molecular flexibility index (Phi) is 10.4. The Hall–Kier alpha value is -2.58. The highest BCUT2D eigenvalue weighted by molar-refractivity contribution is 6.33. The molecule has 3 unspecified atom stereocenters. The van der Waals surface area contributed by atoms with Crippen molar-refractivity contribution in [3.8, 4) is 0 Å². The second-order valence-corrected chi connectivity index (χ2v) is 12.9. The Labute approximate surface area is 250 Å². The molecule has 0 amide bonds. The first-order valence-electron chi connectivity index (χ1n) is 14.6.